The van der Waals surface area contributed by atoms with Crippen LogP contribution in [-0.4, -0.2) is 43.8 Å². The highest BCUT2D eigenvalue weighted by molar-refractivity contribution is 7.89. The topological polar surface area (TPSA) is 40.6 Å². The fourth-order valence-electron chi connectivity index (χ4n) is 2.75. The van der Waals surface area contributed by atoms with Gasteiger partial charge < -0.3 is 0 Å². The molecule has 3 rings (SSSR count). The van der Waals surface area contributed by atoms with Crippen molar-refractivity contribution in [2.45, 2.75) is 11.4 Å². The second kappa shape index (κ2) is 7.19. The zero-order valence-electron chi connectivity index (χ0n) is 13.0. The van der Waals surface area contributed by atoms with Crippen molar-refractivity contribution < 1.29 is 12.8 Å². The van der Waals surface area contributed by atoms with Crippen LogP contribution in [0.15, 0.2) is 53.4 Å². The highest BCUT2D eigenvalue weighted by Crippen LogP contribution is 2.19. The van der Waals surface area contributed by atoms with Gasteiger partial charge in [0.1, 0.15) is 5.82 Å². The minimum atomic E-state index is -3.64. The summed E-state index contributed by atoms with van der Waals surface area (Å²) in [5, 5.41) is 0.699. The van der Waals surface area contributed by atoms with Crippen molar-refractivity contribution in [3.05, 3.63) is 64.9 Å². The van der Waals surface area contributed by atoms with Gasteiger partial charge in [0.2, 0.25) is 10.0 Å². The molecule has 0 spiro atoms. The van der Waals surface area contributed by atoms with E-state index in [1.165, 1.54) is 22.5 Å². The fourth-order valence-corrected chi connectivity index (χ4v) is 4.33. The molecular weight excluding hydrogens is 351 g/mol. The smallest absolute Gasteiger partial charge is 0.243 e. The van der Waals surface area contributed by atoms with Crippen LogP contribution in [0.3, 0.4) is 0 Å². The number of nitrogens with zero attached hydrogens (tertiary/aromatic N) is 2. The van der Waals surface area contributed by atoms with Crippen LogP contribution in [0.4, 0.5) is 4.39 Å². The Kier molecular flexibility index (Phi) is 5.20. The quantitative estimate of drug-likeness (QED) is 0.833. The first kappa shape index (κ1) is 17.4. The third-order valence-corrected chi connectivity index (χ3v) is 6.23. The van der Waals surface area contributed by atoms with Crippen molar-refractivity contribution >= 4 is 21.6 Å². The van der Waals surface area contributed by atoms with Crippen LogP contribution in [0.5, 0.6) is 0 Å². The molecule has 24 heavy (non-hydrogen) atoms. The first-order chi connectivity index (χ1) is 11.4. The second-order valence-electron chi connectivity index (χ2n) is 5.76. The van der Waals surface area contributed by atoms with Crippen LogP contribution in [0, 0.1) is 5.82 Å². The lowest BCUT2D eigenvalue weighted by Crippen LogP contribution is -2.48. The number of halogens is 2. The number of rotatable bonds is 4. The summed E-state index contributed by atoms with van der Waals surface area (Å²) < 4.78 is 39.8. The number of hydrogen-bond donors (Lipinski definition) is 0. The number of benzene rings is 2. The maximum atomic E-state index is 13.3. The summed E-state index contributed by atoms with van der Waals surface area (Å²) in [6.07, 6.45) is 0. The van der Waals surface area contributed by atoms with Crippen molar-refractivity contribution in [2.75, 3.05) is 26.2 Å². The molecule has 2 aromatic carbocycles. The predicted octanol–water partition coefficient (Wildman–Crippen LogP) is 2.99. The van der Waals surface area contributed by atoms with E-state index in [0.717, 1.165) is 18.2 Å². The van der Waals surface area contributed by atoms with Crippen LogP contribution in [0.2, 0.25) is 5.02 Å². The summed E-state index contributed by atoms with van der Waals surface area (Å²) >= 11 is 5.88. The van der Waals surface area contributed by atoms with E-state index in [2.05, 4.69) is 4.90 Å². The predicted molar refractivity (Wildman–Crippen MR) is 91.9 cm³/mol. The molecule has 1 aliphatic rings. The summed E-state index contributed by atoms with van der Waals surface area (Å²) in [4.78, 5) is 2.20. The molecule has 0 aliphatic carbocycles. The average Bonchev–Trinajstić information content (AvgIpc) is 2.57. The number of sulfonamides is 1. The molecule has 0 amide bonds. The van der Waals surface area contributed by atoms with Crippen LogP contribution in [-0.2, 0) is 16.6 Å². The Bertz CT molecular complexity index is 804. The van der Waals surface area contributed by atoms with Gasteiger partial charge in [-0.05, 0) is 35.9 Å². The molecular formula is C17H18ClFN2O2S. The van der Waals surface area contributed by atoms with Crippen molar-refractivity contribution in [1.82, 2.24) is 9.21 Å². The molecule has 0 radical (unpaired) electrons. The second-order valence-corrected chi connectivity index (χ2v) is 8.14. The highest BCUT2D eigenvalue weighted by Gasteiger charge is 2.28. The van der Waals surface area contributed by atoms with E-state index < -0.39 is 15.8 Å². The largest absolute Gasteiger partial charge is 0.296 e. The maximum Gasteiger partial charge on any atom is 0.243 e. The summed E-state index contributed by atoms with van der Waals surface area (Å²) in [6.45, 7) is 2.82. The molecule has 0 atom stereocenters. The van der Waals surface area contributed by atoms with Gasteiger partial charge in [0.25, 0.3) is 0 Å². The standard InChI is InChI=1S/C17H18ClFN2O2S/c18-15-6-4-14(5-7-15)13-20-8-10-21(11-9-20)24(22,23)17-3-1-2-16(19)12-17/h1-7,12H,8-11,13H2. The molecule has 0 saturated carbocycles. The van der Waals surface area contributed by atoms with Gasteiger partial charge in [0.15, 0.2) is 0 Å². The third-order valence-electron chi connectivity index (χ3n) is 4.08. The Balaban J connectivity index is 1.63. The van der Waals surface area contributed by atoms with Gasteiger partial charge in [0.05, 0.1) is 4.90 Å². The van der Waals surface area contributed by atoms with Crippen LogP contribution in [0.1, 0.15) is 5.56 Å². The van der Waals surface area contributed by atoms with Crippen LogP contribution < -0.4 is 0 Å². The zero-order chi connectivity index (χ0) is 17.2. The lowest BCUT2D eigenvalue weighted by atomic mass is 10.2. The Morgan fingerprint density at radius 1 is 1.00 bits per heavy atom. The normalized spacial score (nSPS) is 17.1. The minimum absolute atomic E-state index is 0.00801. The molecule has 1 fully saturated rings. The van der Waals surface area contributed by atoms with Crippen LogP contribution >= 0.6 is 11.6 Å². The van der Waals surface area contributed by atoms with Gasteiger partial charge in [-0.3, -0.25) is 4.90 Å². The maximum absolute atomic E-state index is 13.3. The molecule has 1 aliphatic heterocycles. The van der Waals surface area contributed by atoms with E-state index in [-0.39, 0.29) is 4.90 Å². The molecule has 2 aromatic rings. The van der Waals surface area contributed by atoms with Crippen molar-refractivity contribution in [3.63, 3.8) is 0 Å². The first-order valence-corrected chi connectivity index (χ1v) is 9.49. The summed E-state index contributed by atoms with van der Waals surface area (Å²) in [6, 6.07) is 12.8. The van der Waals surface area contributed by atoms with E-state index in [9.17, 15) is 12.8 Å². The Labute approximate surface area is 146 Å². The molecule has 7 heteroatoms. The summed E-state index contributed by atoms with van der Waals surface area (Å²) in [5.74, 6) is -0.544. The molecule has 4 nitrogen and oxygen atoms in total. The van der Waals surface area contributed by atoms with E-state index in [1.807, 2.05) is 24.3 Å². The van der Waals surface area contributed by atoms with E-state index in [0.29, 0.717) is 31.2 Å². The zero-order valence-corrected chi connectivity index (χ0v) is 14.6. The molecule has 0 N–H and O–H groups in total. The third kappa shape index (κ3) is 3.95. The summed E-state index contributed by atoms with van der Waals surface area (Å²) in [7, 11) is -3.64. The van der Waals surface area contributed by atoms with Crippen molar-refractivity contribution in [2.24, 2.45) is 0 Å². The summed E-state index contributed by atoms with van der Waals surface area (Å²) in [5.41, 5.74) is 1.14. The first-order valence-electron chi connectivity index (χ1n) is 7.68. The van der Waals surface area contributed by atoms with Gasteiger partial charge in [-0.1, -0.05) is 29.8 Å². The van der Waals surface area contributed by atoms with Crippen LogP contribution in [0.25, 0.3) is 0 Å². The van der Waals surface area contributed by atoms with Gasteiger partial charge in [-0.25, -0.2) is 12.8 Å². The van der Waals surface area contributed by atoms with Gasteiger partial charge in [-0.15, -0.1) is 0 Å². The molecule has 0 bridgehead atoms. The monoisotopic (exact) mass is 368 g/mol. The number of hydrogen-bond acceptors (Lipinski definition) is 3. The van der Waals surface area contributed by atoms with E-state index in [4.69, 9.17) is 11.6 Å². The van der Waals surface area contributed by atoms with Gasteiger partial charge in [0, 0.05) is 37.7 Å². The average molecular weight is 369 g/mol. The molecule has 128 valence electrons. The fraction of sp³-hybridized carbons (Fsp3) is 0.294. The molecule has 1 saturated heterocycles. The van der Waals surface area contributed by atoms with E-state index in [1.54, 1.807) is 0 Å². The molecule has 0 aromatic heterocycles. The van der Waals surface area contributed by atoms with Crippen molar-refractivity contribution in [1.29, 1.82) is 0 Å². The minimum Gasteiger partial charge on any atom is -0.296 e. The lowest BCUT2D eigenvalue weighted by Gasteiger charge is -2.34. The SMILES string of the molecule is O=S(=O)(c1cccc(F)c1)N1CCN(Cc2ccc(Cl)cc2)CC1. The van der Waals surface area contributed by atoms with Gasteiger partial charge in [-0.2, -0.15) is 4.31 Å². The van der Waals surface area contributed by atoms with Gasteiger partial charge >= 0.3 is 0 Å². The molecule has 1 heterocycles. The lowest BCUT2D eigenvalue weighted by molar-refractivity contribution is 0.181. The Morgan fingerprint density at radius 2 is 1.67 bits per heavy atom. The molecule has 0 unspecified atom stereocenters. The Hall–Kier alpha value is -1.47. The Morgan fingerprint density at radius 3 is 2.29 bits per heavy atom. The van der Waals surface area contributed by atoms with E-state index >= 15 is 0 Å². The van der Waals surface area contributed by atoms with Crippen molar-refractivity contribution in [3.8, 4) is 0 Å². The number of piperazine rings is 1. The highest BCUT2D eigenvalue weighted by atomic mass is 35.5.